The van der Waals surface area contributed by atoms with Crippen LogP contribution in [0.1, 0.15) is 12.0 Å². The van der Waals surface area contributed by atoms with Crippen LogP contribution in [0, 0.1) is 0 Å². The number of hydrogen-bond donors (Lipinski definition) is 2. The van der Waals surface area contributed by atoms with Gasteiger partial charge in [-0.05, 0) is 30.2 Å². The molecule has 1 heterocycles. The molecule has 0 amide bonds. The Hall–Kier alpha value is -2.01. The number of aromatic nitrogens is 2. The van der Waals surface area contributed by atoms with Gasteiger partial charge in [0.25, 0.3) is 0 Å². The van der Waals surface area contributed by atoms with Crippen LogP contribution in [0.15, 0.2) is 47.7 Å². The van der Waals surface area contributed by atoms with Gasteiger partial charge in [-0.25, -0.2) is 0 Å². The Morgan fingerprint density at radius 1 is 1.33 bits per heavy atom. The van der Waals surface area contributed by atoms with E-state index < -0.39 is 0 Å². The summed E-state index contributed by atoms with van der Waals surface area (Å²) in [6.07, 6.45) is 4.74. The lowest BCUT2D eigenvalue weighted by Gasteiger charge is -2.12. The Morgan fingerprint density at radius 2 is 2.24 bits per heavy atom. The van der Waals surface area contributed by atoms with Crippen LogP contribution in [-0.2, 0) is 13.1 Å². The molecule has 0 saturated heterocycles. The van der Waals surface area contributed by atoms with E-state index in [1.807, 2.05) is 41.2 Å². The molecule has 0 atom stereocenters. The lowest BCUT2D eigenvalue weighted by molar-refractivity contribution is 0.570. The van der Waals surface area contributed by atoms with E-state index in [0.29, 0.717) is 6.54 Å². The minimum absolute atomic E-state index is 0.694. The van der Waals surface area contributed by atoms with E-state index in [1.165, 1.54) is 0 Å². The van der Waals surface area contributed by atoms with Gasteiger partial charge < -0.3 is 10.6 Å². The zero-order chi connectivity index (χ0) is 14.9. The van der Waals surface area contributed by atoms with Gasteiger partial charge in [0, 0.05) is 44.1 Å². The van der Waals surface area contributed by atoms with E-state index in [4.69, 9.17) is 11.6 Å². The number of aliphatic imine (C=N–C) groups is 1. The number of nitrogens with zero attached hydrogens (tertiary/aromatic N) is 3. The van der Waals surface area contributed by atoms with Gasteiger partial charge in [-0.15, -0.1) is 0 Å². The number of hydrogen-bond acceptors (Lipinski definition) is 2. The van der Waals surface area contributed by atoms with Crippen molar-refractivity contribution in [3.8, 4) is 0 Å². The van der Waals surface area contributed by atoms with E-state index in [2.05, 4.69) is 20.7 Å². The quantitative estimate of drug-likeness (QED) is 0.489. The highest BCUT2D eigenvalue weighted by Gasteiger charge is 1.99. The van der Waals surface area contributed by atoms with Crippen LogP contribution in [0.3, 0.4) is 0 Å². The molecule has 0 aliphatic heterocycles. The van der Waals surface area contributed by atoms with Gasteiger partial charge in [0.15, 0.2) is 5.96 Å². The van der Waals surface area contributed by atoms with Gasteiger partial charge in [0.1, 0.15) is 0 Å². The summed E-state index contributed by atoms with van der Waals surface area (Å²) in [4.78, 5) is 4.20. The summed E-state index contributed by atoms with van der Waals surface area (Å²) in [6.45, 7) is 2.43. The van der Waals surface area contributed by atoms with Crippen LogP contribution in [-0.4, -0.2) is 29.3 Å². The van der Waals surface area contributed by atoms with E-state index in [1.54, 1.807) is 13.2 Å². The first-order chi connectivity index (χ1) is 10.3. The molecule has 0 radical (unpaired) electrons. The minimum atomic E-state index is 0.694. The minimum Gasteiger partial charge on any atom is -0.356 e. The average Bonchev–Trinajstić information content (AvgIpc) is 3.00. The number of benzene rings is 1. The van der Waals surface area contributed by atoms with Gasteiger partial charge in [-0.2, -0.15) is 5.10 Å². The summed E-state index contributed by atoms with van der Waals surface area (Å²) in [5.41, 5.74) is 1.13. The molecule has 0 fully saturated rings. The topological polar surface area (TPSA) is 54.2 Å². The number of aryl methyl sites for hydroxylation is 1. The fourth-order valence-corrected chi connectivity index (χ4v) is 2.15. The Labute approximate surface area is 130 Å². The standard InChI is InChI=1S/C15H20ClN5/c1-17-15(18-7-3-9-21-10-4-8-20-21)19-12-13-5-2-6-14(16)11-13/h2,4-6,8,10-11H,3,7,9,12H2,1H3,(H2,17,18,19). The van der Waals surface area contributed by atoms with Crippen molar-refractivity contribution in [2.24, 2.45) is 4.99 Å². The Balaban J connectivity index is 1.68. The molecule has 1 aromatic carbocycles. The zero-order valence-corrected chi connectivity index (χ0v) is 12.8. The third kappa shape index (κ3) is 5.47. The number of nitrogens with one attached hydrogen (secondary N) is 2. The Kier molecular flexibility index (Phi) is 6.09. The first-order valence-corrected chi connectivity index (χ1v) is 7.32. The zero-order valence-electron chi connectivity index (χ0n) is 12.1. The fourth-order valence-electron chi connectivity index (χ4n) is 1.93. The molecule has 2 aromatic rings. The van der Waals surface area contributed by atoms with Crippen LogP contribution in [0.5, 0.6) is 0 Å². The van der Waals surface area contributed by atoms with Gasteiger partial charge in [-0.1, -0.05) is 23.7 Å². The van der Waals surface area contributed by atoms with Gasteiger partial charge in [0.2, 0.25) is 0 Å². The lowest BCUT2D eigenvalue weighted by atomic mass is 10.2. The summed E-state index contributed by atoms with van der Waals surface area (Å²) in [5.74, 6) is 0.787. The number of guanidine groups is 1. The van der Waals surface area contributed by atoms with Crippen LogP contribution < -0.4 is 10.6 Å². The maximum Gasteiger partial charge on any atom is 0.191 e. The maximum absolute atomic E-state index is 5.96. The van der Waals surface area contributed by atoms with Crippen molar-refractivity contribution < 1.29 is 0 Å². The molecule has 0 aliphatic carbocycles. The highest BCUT2D eigenvalue weighted by Crippen LogP contribution is 2.10. The summed E-state index contributed by atoms with van der Waals surface area (Å²) in [7, 11) is 1.76. The molecule has 0 spiro atoms. The average molecular weight is 306 g/mol. The highest BCUT2D eigenvalue weighted by atomic mass is 35.5. The monoisotopic (exact) mass is 305 g/mol. The van der Waals surface area contributed by atoms with Crippen LogP contribution >= 0.6 is 11.6 Å². The molecule has 2 rings (SSSR count). The molecule has 0 aliphatic rings. The van der Waals surface area contributed by atoms with Crippen molar-refractivity contribution in [3.63, 3.8) is 0 Å². The Morgan fingerprint density at radius 3 is 2.95 bits per heavy atom. The van der Waals surface area contributed by atoms with E-state index >= 15 is 0 Å². The molecule has 0 bridgehead atoms. The summed E-state index contributed by atoms with van der Waals surface area (Å²) < 4.78 is 1.92. The first kappa shape index (κ1) is 15.4. The van der Waals surface area contributed by atoms with Gasteiger partial charge in [0.05, 0.1) is 0 Å². The van der Waals surface area contributed by atoms with Crippen LogP contribution in [0.2, 0.25) is 5.02 Å². The van der Waals surface area contributed by atoms with Crippen molar-refractivity contribution in [1.29, 1.82) is 0 Å². The molecule has 6 heteroatoms. The van der Waals surface area contributed by atoms with Crippen molar-refractivity contribution in [2.45, 2.75) is 19.5 Å². The second kappa shape index (κ2) is 8.32. The smallest absolute Gasteiger partial charge is 0.191 e. The SMILES string of the molecule is CN=C(NCCCn1cccn1)NCc1cccc(Cl)c1. The van der Waals surface area contributed by atoms with Crippen molar-refractivity contribution in [1.82, 2.24) is 20.4 Å². The van der Waals surface area contributed by atoms with Crippen LogP contribution in [0.25, 0.3) is 0 Å². The second-order valence-corrected chi connectivity index (χ2v) is 5.04. The predicted molar refractivity (Wildman–Crippen MR) is 86.5 cm³/mol. The van der Waals surface area contributed by atoms with Gasteiger partial charge in [-0.3, -0.25) is 9.67 Å². The first-order valence-electron chi connectivity index (χ1n) is 6.94. The maximum atomic E-state index is 5.96. The fraction of sp³-hybridized carbons (Fsp3) is 0.333. The number of rotatable bonds is 6. The highest BCUT2D eigenvalue weighted by molar-refractivity contribution is 6.30. The molecule has 5 nitrogen and oxygen atoms in total. The van der Waals surface area contributed by atoms with E-state index in [-0.39, 0.29) is 0 Å². The molecule has 21 heavy (non-hydrogen) atoms. The summed E-state index contributed by atoms with van der Waals surface area (Å²) in [5, 5.41) is 11.5. The van der Waals surface area contributed by atoms with Crippen LogP contribution in [0.4, 0.5) is 0 Å². The molecule has 112 valence electrons. The lowest BCUT2D eigenvalue weighted by Crippen LogP contribution is -2.37. The molecular formula is C15H20ClN5. The normalized spacial score (nSPS) is 11.4. The van der Waals surface area contributed by atoms with E-state index in [9.17, 15) is 0 Å². The molecule has 1 aromatic heterocycles. The van der Waals surface area contributed by atoms with E-state index in [0.717, 1.165) is 36.1 Å². The molecule has 2 N–H and O–H groups in total. The third-order valence-electron chi connectivity index (χ3n) is 2.99. The largest absolute Gasteiger partial charge is 0.356 e. The molecular weight excluding hydrogens is 286 g/mol. The Bertz CT molecular complexity index is 565. The summed E-state index contributed by atoms with van der Waals surface area (Å²) in [6, 6.07) is 9.72. The van der Waals surface area contributed by atoms with Crippen molar-refractivity contribution >= 4 is 17.6 Å². The molecule has 0 saturated carbocycles. The summed E-state index contributed by atoms with van der Waals surface area (Å²) >= 11 is 5.96. The second-order valence-electron chi connectivity index (χ2n) is 4.61. The van der Waals surface area contributed by atoms with Crippen molar-refractivity contribution in [2.75, 3.05) is 13.6 Å². The van der Waals surface area contributed by atoms with Crippen molar-refractivity contribution in [3.05, 3.63) is 53.3 Å². The molecule has 0 unspecified atom stereocenters. The van der Waals surface area contributed by atoms with Gasteiger partial charge >= 0.3 is 0 Å². The third-order valence-corrected chi connectivity index (χ3v) is 3.22. The predicted octanol–water partition coefficient (Wildman–Crippen LogP) is 2.29. The number of halogens is 1.